The second-order valence-corrected chi connectivity index (χ2v) is 8.64. The van der Waals surface area contributed by atoms with E-state index in [2.05, 4.69) is 14.9 Å². The Balaban J connectivity index is 1.72. The Labute approximate surface area is 139 Å². The zero-order chi connectivity index (χ0) is 16.4. The van der Waals surface area contributed by atoms with E-state index in [1.54, 1.807) is 10.5 Å². The quantitative estimate of drug-likeness (QED) is 0.839. The molecule has 0 unspecified atom stereocenters. The highest BCUT2D eigenvalue weighted by molar-refractivity contribution is 7.88. The summed E-state index contributed by atoms with van der Waals surface area (Å²) in [5.74, 6) is 0.764. The normalized spacial score (nSPS) is 23.6. The molecule has 128 valence electrons. The van der Waals surface area contributed by atoms with Gasteiger partial charge in [-0.15, -0.1) is 0 Å². The van der Waals surface area contributed by atoms with E-state index in [0.717, 1.165) is 63.3 Å². The van der Waals surface area contributed by atoms with Crippen LogP contribution in [0.1, 0.15) is 44.2 Å². The summed E-state index contributed by atoms with van der Waals surface area (Å²) in [7, 11) is -3.15. The summed E-state index contributed by atoms with van der Waals surface area (Å²) in [5, 5.41) is 0. The minimum atomic E-state index is -3.15. The Morgan fingerprint density at radius 1 is 1.13 bits per heavy atom. The number of rotatable bonds is 4. The van der Waals surface area contributed by atoms with Crippen molar-refractivity contribution in [1.29, 1.82) is 0 Å². The summed E-state index contributed by atoms with van der Waals surface area (Å²) in [6.07, 6.45) is 9.05. The fourth-order valence-corrected chi connectivity index (χ4v) is 5.11. The van der Waals surface area contributed by atoms with E-state index in [9.17, 15) is 8.42 Å². The number of nitrogens with zero attached hydrogens (tertiary/aromatic N) is 4. The number of aryl methyl sites for hydroxylation is 1. The number of aromatic nitrogens is 2. The minimum absolute atomic E-state index is 0.116. The molecule has 1 saturated heterocycles. The molecule has 2 aliphatic rings. The van der Waals surface area contributed by atoms with Gasteiger partial charge < -0.3 is 4.90 Å². The molecule has 0 radical (unpaired) electrons. The molecule has 1 aromatic heterocycles. The van der Waals surface area contributed by atoms with Crippen LogP contribution >= 0.6 is 0 Å². The maximum absolute atomic E-state index is 12.3. The molecule has 1 aromatic rings. The van der Waals surface area contributed by atoms with Crippen LogP contribution in [0.2, 0.25) is 0 Å². The summed E-state index contributed by atoms with van der Waals surface area (Å²) in [6, 6.07) is 2.23. The van der Waals surface area contributed by atoms with E-state index in [0.29, 0.717) is 0 Å². The molecule has 23 heavy (non-hydrogen) atoms. The molecule has 0 spiro atoms. The highest BCUT2D eigenvalue weighted by atomic mass is 32.2. The molecule has 6 nitrogen and oxygen atoms in total. The Hall–Kier alpha value is -1.21. The smallest absolute Gasteiger partial charge is 0.225 e. The lowest BCUT2D eigenvalue weighted by Gasteiger charge is -2.40. The Morgan fingerprint density at radius 2 is 1.83 bits per heavy atom. The lowest BCUT2D eigenvalue weighted by molar-refractivity contribution is 0.164. The number of anilines is 1. The van der Waals surface area contributed by atoms with E-state index in [-0.39, 0.29) is 12.1 Å². The van der Waals surface area contributed by atoms with Crippen molar-refractivity contribution in [2.75, 3.05) is 24.2 Å². The molecule has 7 heteroatoms. The average molecular weight is 338 g/mol. The van der Waals surface area contributed by atoms with Crippen LogP contribution in [0.15, 0.2) is 12.3 Å². The zero-order valence-electron chi connectivity index (χ0n) is 14.0. The summed E-state index contributed by atoms with van der Waals surface area (Å²) in [4.78, 5) is 11.1. The molecule has 1 saturated carbocycles. The Kier molecular flexibility index (Phi) is 4.87. The van der Waals surface area contributed by atoms with Crippen LogP contribution in [0.5, 0.6) is 0 Å². The van der Waals surface area contributed by atoms with Gasteiger partial charge in [0.1, 0.15) is 0 Å². The lowest BCUT2D eigenvalue weighted by Crippen LogP contribution is -2.49. The third-order valence-corrected chi connectivity index (χ3v) is 6.30. The van der Waals surface area contributed by atoms with Gasteiger partial charge in [0.2, 0.25) is 16.0 Å². The van der Waals surface area contributed by atoms with Crippen LogP contribution in [0.25, 0.3) is 0 Å². The number of sulfonamides is 1. The molecule has 1 aliphatic carbocycles. The molecule has 1 aliphatic heterocycles. The Morgan fingerprint density at radius 3 is 2.43 bits per heavy atom. The van der Waals surface area contributed by atoms with E-state index in [1.165, 1.54) is 6.26 Å². The molecular weight excluding hydrogens is 312 g/mol. The third-order valence-electron chi connectivity index (χ3n) is 4.94. The summed E-state index contributed by atoms with van der Waals surface area (Å²) >= 11 is 0. The van der Waals surface area contributed by atoms with Crippen LogP contribution in [-0.2, 0) is 10.0 Å². The van der Waals surface area contributed by atoms with E-state index in [1.807, 2.05) is 13.0 Å². The molecule has 1 atom stereocenters. The fraction of sp³-hybridized carbons (Fsp3) is 0.750. The van der Waals surface area contributed by atoms with Gasteiger partial charge in [-0.05, 0) is 45.1 Å². The number of hydrogen-bond acceptors (Lipinski definition) is 5. The first-order chi connectivity index (χ1) is 10.9. The molecule has 0 amide bonds. The first kappa shape index (κ1) is 16.6. The fourth-order valence-electron chi connectivity index (χ4n) is 3.60. The van der Waals surface area contributed by atoms with Crippen LogP contribution in [-0.4, -0.2) is 54.1 Å². The van der Waals surface area contributed by atoms with Gasteiger partial charge in [0.05, 0.1) is 6.26 Å². The van der Waals surface area contributed by atoms with E-state index in [4.69, 9.17) is 0 Å². The van der Waals surface area contributed by atoms with Crippen molar-refractivity contribution in [2.24, 2.45) is 0 Å². The van der Waals surface area contributed by atoms with Gasteiger partial charge in [0.25, 0.3) is 0 Å². The SMILES string of the molecule is Cc1ccnc(N2CCC[C@@H](N(C3CCC3)S(C)(=O)=O)CC2)n1. The van der Waals surface area contributed by atoms with Crippen LogP contribution in [0.3, 0.4) is 0 Å². The van der Waals surface area contributed by atoms with Crippen molar-refractivity contribution in [3.05, 3.63) is 18.0 Å². The van der Waals surface area contributed by atoms with Gasteiger partial charge in [0, 0.05) is 37.1 Å². The first-order valence-electron chi connectivity index (χ1n) is 8.48. The van der Waals surface area contributed by atoms with Crippen molar-refractivity contribution in [3.8, 4) is 0 Å². The lowest BCUT2D eigenvalue weighted by atomic mass is 9.91. The van der Waals surface area contributed by atoms with E-state index >= 15 is 0 Å². The third kappa shape index (κ3) is 3.83. The summed E-state index contributed by atoms with van der Waals surface area (Å²) < 4.78 is 26.3. The van der Waals surface area contributed by atoms with Gasteiger partial charge in [-0.25, -0.2) is 18.4 Å². The standard InChI is InChI=1S/C16H26N4O2S/c1-13-8-10-17-16(18-13)19-11-4-7-15(9-12-19)20(23(2,21)22)14-5-3-6-14/h8,10,14-15H,3-7,9,11-12H2,1-2H3/t15-/m1/s1. The maximum atomic E-state index is 12.3. The van der Waals surface area contributed by atoms with Crippen molar-refractivity contribution in [2.45, 2.75) is 57.5 Å². The van der Waals surface area contributed by atoms with Gasteiger partial charge in [-0.2, -0.15) is 4.31 Å². The van der Waals surface area contributed by atoms with Crippen LogP contribution < -0.4 is 4.90 Å². The molecular formula is C16H26N4O2S. The Bertz CT molecular complexity index is 645. The highest BCUT2D eigenvalue weighted by Crippen LogP contribution is 2.32. The zero-order valence-corrected chi connectivity index (χ0v) is 14.8. The van der Waals surface area contributed by atoms with Crippen molar-refractivity contribution in [3.63, 3.8) is 0 Å². The van der Waals surface area contributed by atoms with Crippen molar-refractivity contribution < 1.29 is 8.42 Å². The molecule has 2 fully saturated rings. The second kappa shape index (κ2) is 6.73. The van der Waals surface area contributed by atoms with Gasteiger partial charge in [-0.1, -0.05) is 6.42 Å². The minimum Gasteiger partial charge on any atom is -0.341 e. The van der Waals surface area contributed by atoms with Gasteiger partial charge >= 0.3 is 0 Å². The molecule has 2 heterocycles. The number of hydrogen-bond donors (Lipinski definition) is 0. The topological polar surface area (TPSA) is 66.4 Å². The van der Waals surface area contributed by atoms with Crippen molar-refractivity contribution in [1.82, 2.24) is 14.3 Å². The predicted octanol–water partition coefficient (Wildman–Crippen LogP) is 1.96. The average Bonchev–Trinajstić information content (AvgIpc) is 2.67. The van der Waals surface area contributed by atoms with Crippen LogP contribution in [0.4, 0.5) is 5.95 Å². The van der Waals surface area contributed by atoms with Crippen LogP contribution in [0, 0.1) is 6.92 Å². The maximum Gasteiger partial charge on any atom is 0.225 e. The molecule has 0 aromatic carbocycles. The van der Waals surface area contributed by atoms with Gasteiger partial charge in [0.15, 0.2) is 0 Å². The second-order valence-electron chi connectivity index (χ2n) is 6.75. The summed E-state index contributed by atoms with van der Waals surface area (Å²) in [6.45, 7) is 3.67. The monoisotopic (exact) mass is 338 g/mol. The first-order valence-corrected chi connectivity index (χ1v) is 10.3. The molecule has 0 bridgehead atoms. The summed E-state index contributed by atoms with van der Waals surface area (Å²) in [5.41, 5.74) is 0.961. The predicted molar refractivity (Wildman–Crippen MR) is 90.9 cm³/mol. The molecule has 0 N–H and O–H groups in total. The molecule has 3 rings (SSSR count). The van der Waals surface area contributed by atoms with Crippen molar-refractivity contribution >= 4 is 16.0 Å². The van der Waals surface area contributed by atoms with Gasteiger partial charge in [-0.3, -0.25) is 0 Å². The highest BCUT2D eigenvalue weighted by Gasteiger charge is 2.37. The van der Waals surface area contributed by atoms with E-state index < -0.39 is 10.0 Å². The largest absolute Gasteiger partial charge is 0.341 e.